The molecule has 162 valence electrons. The first-order chi connectivity index (χ1) is 15.5. The number of fused-ring (bicyclic) bond motifs is 1. The molecule has 0 spiro atoms. The van der Waals surface area contributed by atoms with Crippen molar-refractivity contribution in [3.63, 3.8) is 0 Å². The van der Waals surface area contributed by atoms with Gasteiger partial charge in [-0.1, -0.05) is 23.7 Å². The number of methoxy groups -OCH3 is 1. The Hall–Kier alpha value is -2.45. The van der Waals surface area contributed by atoms with E-state index in [4.69, 9.17) is 23.1 Å². The average Bonchev–Trinajstić information content (AvgIpc) is 3.35. The minimum absolute atomic E-state index is 0. The number of aryl methyl sites for hydroxylation is 1. The molecule has 2 heterocycles. The van der Waals surface area contributed by atoms with Crippen molar-refractivity contribution in [1.29, 1.82) is 0 Å². The zero-order valence-electron chi connectivity index (χ0n) is 18.0. The number of carbonyl (C=O) groups excluding carboxylic acids is 1. The van der Waals surface area contributed by atoms with E-state index in [2.05, 4.69) is 21.2 Å². The number of hydrogen-bond acceptors (Lipinski definition) is 5. The van der Waals surface area contributed by atoms with Crippen LogP contribution in [-0.4, -0.2) is 34.4 Å². The second kappa shape index (κ2) is 11.1. The maximum absolute atomic E-state index is 12.4. The number of benzene rings is 2. The van der Waals surface area contributed by atoms with Crippen LogP contribution in [0.4, 0.5) is 0 Å². The Labute approximate surface area is 229 Å². The number of Topliss-reactive ketones (excluding diaryl/α,β-unsaturated/α-hetero) is 1. The minimum Gasteiger partial charge on any atom is -0.486 e. The van der Waals surface area contributed by atoms with Crippen LogP contribution in [0.3, 0.4) is 0 Å². The van der Waals surface area contributed by atoms with E-state index in [1.807, 2.05) is 43.5 Å². The van der Waals surface area contributed by atoms with Gasteiger partial charge in [0, 0.05) is 35.5 Å². The molecule has 0 N–H and O–H groups in total. The van der Waals surface area contributed by atoms with Crippen molar-refractivity contribution >= 4 is 35.0 Å². The molecule has 0 atom stereocenters. The van der Waals surface area contributed by atoms with Gasteiger partial charge >= 0.3 is 39.9 Å². The third kappa shape index (κ3) is 5.38. The summed E-state index contributed by atoms with van der Waals surface area (Å²) in [7, 11) is 1.57. The molecule has 0 saturated heterocycles. The van der Waals surface area contributed by atoms with Gasteiger partial charge in [0.2, 0.25) is 5.88 Å². The Balaban J connectivity index is 0.00000306. The number of ether oxygens (including phenoxy) is 1. The molecule has 0 aliphatic carbocycles. The number of ketones is 1. The Morgan fingerprint density at radius 1 is 1.30 bits per heavy atom. The second-order valence-electron chi connectivity index (χ2n) is 7.15. The van der Waals surface area contributed by atoms with E-state index in [0.29, 0.717) is 33.8 Å². The van der Waals surface area contributed by atoms with Crippen LogP contribution in [0.1, 0.15) is 27.0 Å². The largest absolute Gasteiger partial charge is 2.00 e. The van der Waals surface area contributed by atoms with Gasteiger partial charge in [-0.15, -0.1) is 17.7 Å². The van der Waals surface area contributed by atoms with E-state index < -0.39 is 0 Å². The number of aromatic nitrogens is 3. The van der Waals surface area contributed by atoms with Crippen molar-refractivity contribution in [3.05, 3.63) is 94.4 Å². The van der Waals surface area contributed by atoms with Crippen LogP contribution in [0.25, 0.3) is 16.6 Å². The van der Waals surface area contributed by atoms with Crippen molar-refractivity contribution in [3.8, 4) is 11.6 Å². The van der Waals surface area contributed by atoms with Crippen LogP contribution >= 0.6 is 11.6 Å². The van der Waals surface area contributed by atoms with Crippen LogP contribution in [0.2, 0.25) is 5.02 Å². The van der Waals surface area contributed by atoms with Gasteiger partial charge in [-0.2, -0.15) is 11.8 Å². The first-order valence-corrected chi connectivity index (χ1v) is 10.2. The maximum atomic E-state index is 12.4. The zero-order chi connectivity index (χ0) is 22.7. The third-order valence-electron chi connectivity index (χ3n) is 5.09. The predicted molar refractivity (Wildman–Crippen MR) is 125 cm³/mol. The number of nitrogens with zero attached hydrogens (tertiary/aromatic N) is 4. The summed E-state index contributed by atoms with van der Waals surface area (Å²) < 4.78 is 7.35. The summed E-state index contributed by atoms with van der Waals surface area (Å²) in [4.78, 5) is 20.4. The number of aliphatic imine (C=N–C) groups is 1. The summed E-state index contributed by atoms with van der Waals surface area (Å²) in [5.74, 6) is 0.112. The summed E-state index contributed by atoms with van der Waals surface area (Å²) in [6, 6.07) is 13.3. The Bertz CT molecular complexity index is 1330. The first kappa shape index (κ1) is 25.2. The summed E-state index contributed by atoms with van der Waals surface area (Å²) in [5, 5.41) is 5.41. The van der Waals surface area contributed by atoms with E-state index in [1.165, 1.54) is 0 Å². The topological polar surface area (TPSA) is 69.4 Å². The molecule has 0 aliphatic rings. The van der Waals surface area contributed by atoms with Crippen LogP contribution in [0, 0.1) is 52.9 Å². The van der Waals surface area contributed by atoms with Gasteiger partial charge in [0.15, 0.2) is 0 Å². The van der Waals surface area contributed by atoms with Gasteiger partial charge in [-0.05, 0) is 36.2 Å². The fourth-order valence-corrected chi connectivity index (χ4v) is 3.84. The van der Waals surface area contributed by atoms with Crippen LogP contribution in [0.5, 0.6) is 5.88 Å². The molecule has 0 fully saturated rings. The molecule has 0 aliphatic heterocycles. The number of pyridine rings is 1. The zero-order valence-corrected chi connectivity index (χ0v) is 22.9. The Morgan fingerprint density at radius 3 is 2.70 bits per heavy atom. The molecule has 2 aromatic heterocycles. The molecule has 0 saturated carbocycles. The predicted octanol–water partition coefficient (Wildman–Crippen LogP) is 5.06. The standard InChI is InChI=1S/C25H19ClN4O2.Th/c1-16-13-18(22(31)9-11-27-2)15-20-23(26)21(25(32-3)29-24(16)20)14-17-5-7-19(8-6-17)30-12-4-10-28-30;/h2,4-8,10-13,15H,14H2,1,3H3;/q-2;+2. The molecule has 6 nitrogen and oxygen atoms in total. The average molecular weight is 675 g/mol. The van der Waals surface area contributed by atoms with Crippen molar-refractivity contribution in [1.82, 2.24) is 14.8 Å². The second-order valence-corrected chi connectivity index (χ2v) is 7.53. The maximum Gasteiger partial charge on any atom is 2.00 e. The molecule has 0 amide bonds. The van der Waals surface area contributed by atoms with E-state index in [1.54, 1.807) is 30.1 Å². The van der Waals surface area contributed by atoms with Gasteiger partial charge < -0.3 is 14.5 Å². The number of rotatable bonds is 7. The molecular formula is C25H19ClN4O2Th. The van der Waals surface area contributed by atoms with E-state index in [0.717, 1.165) is 28.6 Å². The van der Waals surface area contributed by atoms with Crippen LogP contribution < -0.4 is 4.74 Å². The molecule has 0 unspecified atom stereocenters. The molecule has 4 aromatic rings. The molecule has 0 bridgehead atoms. The Morgan fingerprint density at radius 2 is 2.06 bits per heavy atom. The Kier molecular flexibility index (Phi) is 8.48. The molecule has 8 heteroatoms. The van der Waals surface area contributed by atoms with E-state index in [-0.39, 0.29) is 45.7 Å². The number of hydrogen-bond donors (Lipinski definition) is 0. The smallest absolute Gasteiger partial charge is 0.486 e. The van der Waals surface area contributed by atoms with Crippen LogP contribution in [-0.2, 0) is 6.42 Å². The normalized spacial score (nSPS) is 10.9. The quantitative estimate of drug-likeness (QED) is 0.119. The van der Waals surface area contributed by atoms with E-state index >= 15 is 0 Å². The van der Waals surface area contributed by atoms with Crippen molar-refractivity contribution in [2.24, 2.45) is 4.99 Å². The fourth-order valence-electron chi connectivity index (χ4n) is 3.55. The summed E-state index contributed by atoms with van der Waals surface area (Å²) in [6.07, 6.45) is 7.77. The molecular weight excluding hydrogens is 656 g/mol. The third-order valence-corrected chi connectivity index (χ3v) is 5.52. The van der Waals surface area contributed by atoms with Crippen molar-refractivity contribution in [2.45, 2.75) is 13.3 Å². The van der Waals surface area contributed by atoms with Gasteiger partial charge in [0.1, 0.15) is 0 Å². The summed E-state index contributed by atoms with van der Waals surface area (Å²) in [5.41, 5.74) is 4.64. The SMILES string of the molecule is [CH-]=NC=[C-]C(=O)c1cc(C)c2nc(OC)c(Cc3ccc(-n4cccn4)cc3)c(Cl)c2c1.[Th+2]. The molecule has 4 rings (SSSR count). The van der Waals surface area contributed by atoms with Crippen molar-refractivity contribution in [2.75, 3.05) is 7.11 Å². The number of carbonyl (C=O) groups is 1. The van der Waals surface area contributed by atoms with Gasteiger partial charge in [0.05, 0.1) is 23.3 Å². The van der Waals surface area contributed by atoms with Gasteiger partial charge in [-0.3, -0.25) is 6.08 Å². The van der Waals surface area contributed by atoms with Gasteiger partial charge in [-0.25, -0.2) is 15.9 Å². The fraction of sp³-hybridized carbons (Fsp3) is 0.120. The molecule has 33 heavy (non-hydrogen) atoms. The van der Waals surface area contributed by atoms with E-state index in [9.17, 15) is 4.79 Å². The van der Waals surface area contributed by atoms with Gasteiger partial charge in [0.25, 0.3) is 0 Å². The number of halogens is 1. The molecule has 2 aromatic carbocycles. The minimum atomic E-state index is -0.341. The first-order valence-electron chi connectivity index (χ1n) is 9.80. The van der Waals surface area contributed by atoms with Crippen LogP contribution in [0.15, 0.2) is 66.1 Å². The molecule has 0 radical (unpaired) electrons. The van der Waals surface area contributed by atoms with Crippen molar-refractivity contribution < 1.29 is 49.5 Å². The number of allylic oxidation sites excluding steroid dienone is 1. The monoisotopic (exact) mass is 674 g/mol. The summed E-state index contributed by atoms with van der Waals surface area (Å²) >= 11 is 6.83. The summed E-state index contributed by atoms with van der Waals surface area (Å²) in [6.45, 7) is 6.93.